The van der Waals surface area contributed by atoms with Crippen LogP contribution in [0.3, 0.4) is 0 Å². The van der Waals surface area contributed by atoms with Crippen LogP contribution in [-0.4, -0.2) is 12.5 Å². The van der Waals surface area contributed by atoms with Crippen LogP contribution in [0.5, 0.6) is 0 Å². The molecule has 0 aromatic heterocycles. The van der Waals surface area contributed by atoms with Gasteiger partial charge in [-0.25, -0.2) is 4.39 Å². The molecule has 2 aromatic carbocycles. The van der Waals surface area contributed by atoms with Crippen molar-refractivity contribution in [2.24, 2.45) is 0 Å². The van der Waals surface area contributed by atoms with Crippen molar-refractivity contribution in [3.63, 3.8) is 0 Å². The summed E-state index contributed by atoms with van der Waals surface area (Å²) in [6, 6.07) is 6.69. The zero-order chi connectivity index (χ0) is 17.9. The number of benzene rings is 2. The highest BCUT2D eigenvalue weighted by molar-refractivity contribution is 6.33. The maximum atomic E-state index is 13.2. The smallest absolute Gasteiger partial charge is 0.376 e. The lowest BCUT2D eigenvalue weighted by Crippen LogP contribution is -2.22. The van der Waals surface area contributed by atoms with Gasteiger partial charge in [-0.2, -0.15) is 13.2 Å². The normalized spacial score (nSPS) is 11.2. The number of alkyl halides is 3. The van der Waals surface area contributed by atoms with Gasteiger partial charge in [0.25, 0.3) is 0 Å². The van der Waals surface area contributed by atoms with Crippen molar-refractivity contribution in [1.82, 2.24) is 0 Å². The van der Waals surface area contributed by atoms with E-state index in [1.54, 1.807) is 13.0 Å². The Morgan fingerprint density at radius 2 is 1.83 bits per heavy atom. The van der Waals surface area contributed by atoms with Crippen LogP contribution in [-0.2, 0) is 11.0 Å². The molecule has 3 nitrogen and oxygen atoms in total. The van der Waals surface area contributed by atoms with Crippen LogP contribution in [0, 0.1) is 12.7 Å². The Morgan fingerprint density at radius 3 is 2.50 bits per heavy atom. The van der Waals surface area contributed by atoms with Crippen molar-refractivity contribution in [1.29, 1.82) is 0 Å². The zero-order valence-electron chi connectivity index (χ0n) is 12.5. The average Bonchev–Trinajstić information content (AvgIpc) is 2.49. The van der Waals surface area contributed by atoms with Crippen LogP contribution in [0.2, 0.25) is 5.02 Å². The Bertz CT molecular complexity index is 762. The van der Waals surface area contributed by atoms with Crippen LogP contribution in [0.1, 0.15) is 11.1 Å². The van der Waals surface area contributed by atoms with E-state index >= 15 is 0 Å². The summed E-state index contributed by atoms with van der Waals surface area (Å²) in [5.41, 5.74) is 0.0759. The fourth-order valence-corrected chi connectivity index (χ4v) is 2.12. The second kappa shape index (κ2) is 7.09. The molecule has 0 radical (unpaired) electrons. The molecule has 1 amide bonds. The number of hydrogen-bond donors (Lipinski definition) is 2. The molecule has 8 heteroatoms. The molecule has 0 atom stereocenters. The van der Waals surface area contributed by atoms with Crippen LogP contribution in [0.15, 0.2) is 36.4 Å². The summed E-state index contributed by atoms with van der Waals surface area (Å²) in [4.78, 5) is 11.9. The predicted molar refractivity (Wildman–Crippen MR) is 84.7 cm³/mol. The zero-order valence-corrected chi connectivity index (χ0v) is 13.2. The highest BCUT2D eigenvalue weighted by Gasteiger charge is 2.31. The van der Waals surface area contributed by atoms with Crippen molar-refractivity contribution < 1.29 is 22.4 Å². The van der Waals surface area contributed by atoms with E-state index in [0.717, 1.165) is 23.8 Å². The number of halogens is 5. The minimum absolute atomic E-state index is 0.0155. The van der Waals surface area contributed by atoms with Gasteiger partial charge in [0.15, 0.2) is 0 Å². The summed E-state index contributed by atoms with van der Waals surface area (Å²) in [5.74, 6) is -1.08. The van der Waals surface area contributed by atoms with Crippen molar-refractivity contribution in [2.45, 2.75) is 13.1 Å². The third-order valence-electron chi connectivity index (χ3n) is 3.21. The molecule has 2 N–H and O–H groups in total. The summed E-state index contributed by atoms with van der Waals surface area (Å²) >= 11 is 5.80. The minimum atomic E-state index is -4.54. The van der Waals surface area contributed by atoms with Gasteiger partial charge in [-0.15, -0.1) is 0 Å². The van der Waals surface area contributed by atoms with Gasteiger partial charge in [-0.3, -0.25) is 4.79 Å². The first-order chi connectivity index (χ1) is 11.2. The van der Waals surface area contributed by atoms with Crippen LogP contribution >= 0.6 is 11.6 Å². The summed E-state index contributed by atoms with van der Waals surface area (Å²) in [6.07, 6.45) is -4.54. The van der Waals surface area contributed by atoms with Gasteiger partial charge in [0.2, 0.25) is 5.91 Å². The largest absolute Gasteiger partial charge is 0.416 e. The van der Waals surface area contributed by atoms with E-state index in [1.807, 2.05) is 0 Å². The van der Waals surface area contributed by atoms with Gasteiger partial charge in [0.05, 0.1) is 22.8 Å². The number of carbonyl (C=O) groups is 1. The van der Waals surface area contributed by atoms with Gasteiger partial charge in [0.1, 0.15) is 5.82 Å². The molecular formula is C16H13ClF4N2O. The van der Waals surface area contributed by atoms with Gasteiger partial charge in [-0.05, 0) is 42.8 Å². The molecule has 2 aromatic rings. The van der Waals surface area contributed by atoms with Crippen molar-refractivity contribution >= 4 is 28.9 Å². The second-order valence-corrected chi connectivity index (χ2v) is 5.46. The number of amides is 1. The van der Waals surface area contributed by atoms with E-state index in [-0.39, 0.29) is 17.3 Å². The lowest BCUT2D eigenvalue weighted by molar-refractivity contribution is -0.137. The molecule has 0 fully saturated rings. The van der Waals surface area contributed by atoms with Crippen molar-refractivity contribution in [3.05, 3.63) is 58.4 Å². The number of anilines is 2. The Balaban J connectivity index is 2.06. The standard InChI is InChI=1S/C16H13ClF4N2O/c1-9-2-4-11(18)7-13(9)22-8-15(24)23-14-6-10(16(19,20)21)3-5-12(14)17/h2-7,22H,8H2,1H3,(H,23,24). The van der Waals surface area contributed by atoms with Gasteiger partial charge >= 0.3 is 6.18 Å². The van der Waals surface area contributed by atoms with E-state index in [0.29, 0.717) is 5.69 Å². The number of rotatable bonds is 4. The predicted octanol–water partition coefficient (Wildman–Crippen LogP) is 4.86. The Kier molecular flexibility index (Phi) is 5.33. The second-order valence-electron chi connectivity index (χ2n) is 5.05. The maximum Gasteiger partial charge on any atom is 0.416 e. The SMILES string of the molecule is Cc1ccc(F)cc1NCC(=O)Nc1cc(C(F)(F)F)ccc1Cl. The lowest BCUT2D eigenvalue weighted by atomic mass is 10.2. The molecule has 0 heterocycles. The monoisotopic (exact) mass is 360 g/mol. The molecule has 0 saturated carbocycles. The van der Waals surface area contributed by atoms with E-state index in [4.69, 9.17) is 11.6 Å². The van der Waals surface area contributed by atoms with E-state index in [9.17, 15) is 22.4 Å². The molecule has 0 aliphatic heterocycles. The summed E-state index contributed by atoms with van der Waals surface area (Å²) in [5, 5.41) is 5.01. The third kappa shape index (κ3) is 4.61. The van der Waals surface area contributed by atoms with Gasteiger partial charge < -0.3 is 10.6 Å². The fourth-order valence-electron chi connectivity index (χ4n) is 1.95. The molecule has 0 saturated heterocycles. The lowest BCUT2D eigenvalue weighted by Gasteiger charge is -2.13. The average molecular weight is 361 g/mol. The summed E-state index contributed by atoms with van der Waals surface area (Å²) in [6.45, 7) is 1.47. The highest BCUT2D eigenvalue weighted by Crippen LogP contribution is 2.33. The topological polar surface area (TPSA) is 41.1 Å². The number of nitrogens with one attached hydrogen (secondary N) is 2. The van der Waals surface area contributed by atoms with Crippen molar-refractivity contribution in [2.75, 3.05) is 17.2 Å². The first-order valence-corrected chi connectivity index (χ1v) is 7.21. The Labute approximate surface area is 140 Å². The fraction of sp³-hybridized carbons (Fsp3) is 0.188. The molecule has 0 bridgehead atoms. The molecular weight excluding hydrogens is 348 g/mol. The van der Waals surface area contributed by atoms with Crippen LogP contribution in [0.4, 0.5) is 28.9 Å². The summed E-state index contributed by atoms with van der Waals surface area (Å²) in [7, 11) is 0. The third-order valence-corrected chi connectivity index (χ3v) is 3.54. The Hall–Kier alpha value is -2.28. The molecule has 128 valence electrons. The quantitative estimate of drug-likeness (QED) is 0.765. The van der Waals surface area contributed by atoms with Gasteiger partial charge in [-0.1, -0.05) is 17.7 Å². The van der Waals surface area contributed by atoms with E-state index < -0.39 is 23.5 Å². The van der Waals surface area contributed by atoms with E-state index in [1.165, 1.54) is 12.1 Å². The highest BCUT2D eigenvalue weighted by atomic mass is 35.5. The number of carbonyl (C=O) groups excluding carboxylic acids is 1. The minimum Gasteiger partial charge on any atom is -0.376 e. The van der Waals surface area contributed by atoms with Crippen LogP contribution < -0.4 is 10.6 Å². The molecule has 0 spiro atoms. The van der Waals surface area contributed by atoms with Crippen LogP contribution in [0.25, 0.3) is 0 Å². The first-order valence-electron chi connectivity index (χ1n) is 6.83. The molecule has 0 aliphatic carbocycles. The first kappa shape index (κ1) is 18.1. The molecule has 0 aliphatic rings. The van der Waals surface area contributed by atoms with E-state index in [2.05, 4.69) is 10.6 Å². The van der Waals surface area contributed by atoms with Gasteiger partial charge in [0, 0.05) is 5.69 Å². The Morgan fingerprint density at radius 1 is 1.12 bits per heavy atom. The summed E-state index contributed by atoms with van der Waals surface area (Å²) < 4.78 is 51.2. The number of aryl methyl sites for hydroxylation is 1. The molecule has 2 rings (SSSR count). The number of hydrogen-bond acceptors (Lipinski definition) is 2. The molecule has 0 unspecified atom stereocenters. The molecule has 24 heavy (non-hydrogen) atoms. The maximum absolute atomic E-state index is 13.2. The van der Waals surface area contributed by atoms with Crippen molar-refractivity contribution in [3.8, 4) is 0 Å².